The van der Waals surface area contributed by atoms with Gasteiger partial charge < -0.3 is 5.32 Å². The molecule has 2 rings (SSSR count). The highest BCUT2D eigenvalue weighted by atomic mass is 32.2. The van der Waals surface area contributed by atoms with Crippen molar-refractivity contribution in [3.63, 3.8) is 0 Å². The van der Waals surface area contributed by atoms with Crippen molar-refractivity contribution in [1.82, 2.24) is 9.62 Å². The molecular formula is C16H26N2O2S. The summed E-state index contributed by atoms with van der Waals surface area (Å²) in [6.07, 6.45) is 4.01. The van der Waals surface area contributed by atoms with E-state index in [0.717, 1.165) is 37.8 Å². The monoisotopic (exact) mass is 310 g/mol. The molecule has 0 bridgehead atoms. The molecule has 5 heteroatoms. The molecular weight excluding hydrogens is 284 g/mol. The molecule has 0 atom stereocenters. The van der Waals surface area contributed by atoms with Gasteiger partial charge in [0.05, 0.1) is 4.90 Å². The van der Waals surface area contributed by atoms with Crippen LogP contribution in [0.2, 0.25) is 0 Å². The van der Waals surface area contributed by atoms with Crippen molar-refractivity contribution in [3.8, 4) is 0 Å². The molecule has 118 valence electrons. The lowest BCUT2D eigenvalue weighted by Crippen LogP contribution is -2.41. The van der Waals surface area contributed by atoms with Crippen molar-refractivity contribution in [2.24, 2.45) is 0 Å². The third-order valence-corrected chi connectivity index (χ3v) is 6.08. The van der Waals surface area contributed by atoms with E-state index in [-0.39, 0.29) is 6.04 Å². The van der Waals surface area contributed by atoms with Crippen LogP contribution in [-0.2, 0) is 16.4 Å². The van der Waals surface area contributed by atoms with E-state index in [0.29, 0.717) is 10.9 Å². The van der Waals surface area contributed by atoms with Gasteiger partial charge in [0.25, 0.3) is 0 Å². The Morgan fingerprint density at radius 3 is 2.33 bits per heavy atom. The van der Waals surface area contributed by atoms with Gasteiger partial charge in [0.1, 0.15) is 0 Å². The second-order valence-electron chi connectivity index (χ2n) is 6.11. The van der Waals surface area contributed by atoms with Crippen LogP contribution in [0.25, 0.3) is 0 Å². The zero-order valence-corrected chi connectivity index (χ0v) is 14.0. The Kier molecular flexibility index (Phi) is 5.41. The molecule has 0 amide bonds. The molecule has 1 fully saturated rings. The summed E-state index contributed by atoms with van der Waals surface area (Å²) in [4.78, 5) is 0.400. The lowest BCUT2D eigenvalue weighted by Gasteiger charge is -2.33. The summed E-state index contributed by atoms with van der Waals surface area (Å²) in [5.41, 5.74) is 1.16. The van der Waals surface area contributed by atoms with Crippen LogP contribution in [0.1, 0.15) is 38.7 Å². The molecule has 1 aromatic rings. The summed E-state index contributed by atoms with van der Waals surface area (Å²) in [6, 6.07) is 7.96. The zero-order chi connectivity index (χ0) is 15.5. The van der Waals surface area contributed by atoms with Crippen molar-refractivity contribution in [2.45, 2.75) is 56.5 Å². The Labute approximate surface area is 128 Å². The minimum absolute atomic E-state index is 0.185. The predicted molar refractivity (Wildman–Crippen MR) is 85.9 cm³/mol. The number of hydrogen-bond acceptors (Lipinski definition) is 3. The summed E-state index contributed by atoms with van der Waals surface area (Å²) >= 11 is 0. The average molecular weight is 310 g/mol. The minimum atomic E-state index is -3.33. The molecule has 0 unspecified atom stereocenters. The van der Waals surface area contributed by atoms with Gasteiger partial charge in [-0.1, -0.05) is 32.4 Å². The Balaban J connectivity index is 2.00. The number of nitrogens with zero attached hydrogens (tertiary/aromatic N) is 1. The SMILES string of the molecule is CC(C)NCCc1ccc(S(=O)(=O)N(C)C2CCC2)cc1. The van der Waals surface area contributed by atoms with Gasteiger partial charge >= 0.3 is 0 Å². The van der Waals surface area contributed by atoms with Crippen molar-refractivity contribution in [2.75, 3.05) is 13.6 Å². The molecule has 0 saturated heterocycles. The van der Waals surface area contributed by atoms with Gasteiger partial charge in [-0.2, -0.15) is 4.31 Å². The first-order chi connectivity index (χ1) is 9.91. The van der Waals surface area contributed by atoms with Crippen molar-refractivity contribution in [1.29, 1.82) is 0 Å². The van der Waals surface area contributed by atoms with Gasteiger partial charge in [0.2, 0.25) is 10.0 Å². The van der Waals surface area contributed by atoms with Crippen LogP contribution in [0.4, 0.5) is 0 Å². The molecule has 1 aromatic carbocycles. The van der Waals surface area contributed by atoms with E-state index in [1.54, 1.807) is 19.2 Å². The second-order valence-corrected chi connectivity index (χ2v) is 8.11. The highest BCUT2D eigenvalue weighted by Gasteiger charge is 2.31. The first-order valence-electron chi connectivity index (χ1n) is 7.71. The van der Waals surface area contributed by atoms with Crippen LogP contribution >= 0.6 is 0 Å². The average Bonchev–Trinajstić information content (AvgIpc) is 2.37. The van der Waals surface area contributed by atoms with E-state index >= 15 is 0 Å². The topological polar surface area (TPSA) is 49.4 Å². The first-order valence-corrected chi connectivity index (χ1v) is 9.15. The van der Waals surface area contributed by atoms with Crippen LogP contribution in [0.5, 0.6) is 0 Å². The summed E-state index contributed by atoms with van der Waals surface area (Å²) in [5, 5.41) is 3.36. The summed E-state index contributed by atoms with van der Waals surface area (Å²) in [6.45, 7) is 5.14. The van der Waals surface area contributed by atoms with Gasteiger partial charge in [-0.3, -0.25) is 0 Å². The Morgan fingerprint density at radius 1 is 1.24 bits per heavy atom. The van der Waals surface area contributed by atoms with Gasteiger partial charge in [0, 0.05) is 19.1 Å². The maximum absolute atomic E-state index is 12.5. The quantitative estimate of drug-likeness (QED) is 0.841. The molecule has 0 aromatic heterocycles. The summed E-state index contributed by atoms with van der Waals surface area (Å²) < 4.78 is 26.5. The molecule has 0 heterocycles. The standard InChI is InChI=1S/C16H26N2O2S/c1-13(2)17-12-11-14-7-9-16(10-8-14)21(19,20)18(3)15-5-4-6-15/h7-10,13,15,17H,4-6,11-12H2,1-3H3. The van der Waals surface area contributed by atoms with Crippen molar-refractivity contribution in [3.05, 3.63) is 29.8 Å². The van der Waals surface area contributed by atoms with Crippen LogP contribution in [0.3, 0.4) is 0 Å². The maximum atomic E-state index is 12.5. The number of rotatable bonds is 7. The number of nitrogens with one attached hydrogen (secondary N) is 1. The zero-order valence-electron chi connectivity index (χ0n) is 13.2. The molecule has 1 aliphatic rings. The third kappa shape index (κ3) is 4.05. The molecule has 1 saturated carbocycles. The Morgan fingerprint density at radius 2 is 1.86 bits per heavy atom. The van der Waals surface area contributed by atoms with Crippen molar-refractivity contribution < 1.29 is 8.42 Å². The second kappa shape index (κ2) is 6.90. The first kappa shape index (κ1) is 16.5. The van der Waals surface area contributed by atoms with Gasteiger partial charge in [-0.25, -0.2) is 8.42 Å². The Hall–Kier alpha value is -0.910. The van der Waals surface area contributed by atoms with E-state index in [2.05, 4.69) is 19.2 Å². The van der Waals surface area contributed by atoms with E-state index in [1.807, 2.05) is 12.1 Å². The lowest BCUT2D eigenvalue weighted by molar-refractivity contribution is 0.249. The number of hydrogen-bond donors (Lipinski definition) is 1. The minimum Gasteiger partial charge on any atom is -0.314 e. The predicted octanol–water partition coefficient (Wildman–Crippen LogP) is 2.40. The van der Waals surface area contributed by atoms with Crippen LogP contribution in [0.15, 0.2) is 29.2 Å². The van der Waals surface area contributed by atoms with E-state index in [9.17, 15) is 8.42 Å². The van der Waals surface area contributed by atoms with Gasteiger partial charge in [-0.15, -0.1) is 0 Å². The molecule has 21 heavy (non-hydrogen) atoms. The third-order valence-electron chi connectivity index (χ3n) is 4.16. The summed E-state index contributed by atoms with van der Waals surface area (Å²) in [5.74, 6) is 0. The van der Waals surface area contributed by atoms with E-state index in [4.69, 9.17) is 0 Å². The highest BCUT2D eigenvalue weighted by Crippen LogP contribution is 2.28. The number of benzene rings is 1. The van der Waals surface area contributed by atoms with Crippen LogP contribution in [-0.4, -0.2) is 38.4 Å². The molecule has 0 radical (unpaired) electrons. The van der Waals surface area contributed by atoms with Gasteiger partial charge in [0.15, 0.2) is 0 Å². The lowest BCUT2D eigenvalue weighted by atomic mass is 9.94. The largest absolute Gasteiger partial charge is 0.314 e. The molecule has 1 aliphatic carbocycles. The fraction of sp³-hybridized carbons (Fsp3) is 0.625. The fourth-order valence-corrected chi connectivity index (χ4v) is 3.86. The molecule has 1 N–H and O–H groups in total. The fourth-order valence-electron chi connectivity index (χ4n) is 2.45. The normalized spacial score (nSPS) is 16.4. The van der Waals surface area contributed by atoms with Crippen molar-refractivity contribution >= 4 is 10.0 Å². The molecule has 4 nitrogen and oxygen atoms in total. The number of sulfonamides is 1. The van der Waals surface area contributed by atoms with E-state index in [1.165, 1.54) is 4.31 Å². The van der Waals surface area contributed by atoms with E-state index < -0.39 is 10.0 Å². The molecule has 0 spiro atoms. The Bertz CT molecular complexity index is 548. The highest BCUT2D eigenvalue weighted by molar-refractivity contribution is 7.89. The van der Waals surface area contributed by atoms with Crippen LogP contribution < -0.4 is 5.32 Å². The van der Waals surface area contributed by atoms with Gasteiger partial charge in [-0.05, 0) is 43.5 Å². The molecule has 0 aliphatic heterocycles. The smallest absolute Gasteiger partial charge is 0.243 e. The van der Waals surface area contributed by atoms with Crippen LogP contribution in [0, 0.1) is 0 Å². The summed E-state index contributed by atoms with van der Waals surface area (Å²) in [7, 11) is -1.64. The maximum Gasteiger partial charge on any atom is 0.243 e.